The molecule has 0 N–H and O–H groups in total. The van der Waals surface area contributed by atoms with Crippen LogP contribution in [0.5, 0.6) is 11.5 Å². The van der Waals surface area contributed by atoms with Crippen molar-refractivity contribution in [3.63, 3.8) is 0 Å². The second-order valence-electron chi connectivity index (χ2n) is 5.55. The lowest BCUT2D eigenvalue weighted by atomic mass is 10.2. The quantitative estimate of drug-likeness (QED) is 0.821. The van der Waals surface area contributed by atoms with Crippen LogP contribution in [0.1, 0.15) is 18.1 Å². The average Bonchev–Trinajstić information content (AvgIpc) is 2.65. The number of benzene rings is 2. The minimum Gasteiger partial charge on any atom is -0.486 e. The van der Waals surface area contributed by atoms with Gasteiger partial charge in [0, 0.05) is 13.1 Å². The third-order valence-electron chi connectivity index (χ3n) is 3.94. The van der Waals surface area contributed by atoms with Gasteiger partial charge < -0.3 is 9.47 Å². The minimum absolute atomic E-state index is 0.172. The number of hydrogen-bond donors (Lipinski definition) is 0. The fourth-order valence-corrected chi connectivity index (χ4v) is 4.04. The summed E-state index contributed by atoms with van der Waals surface area (Å²) in [4.78, 5) is 0.172. The normalized spacial score (nSPS) is 13.5. The molecule has 7 heteroatoms. The van der Waals surface area contributed by atoms with Crippen molar-refractivity contribution in [1.82, 2.24) is 4.31 Å². The largest absolute Gasteiger partial charge is 0.486 e. The molecule has 0 radical (unpaired) electrons. The van der Waals surface area contributed by atoms with Crippen molar-refractivity contribution in [2.75, 3.05) is 19.8 Å². The Hall–Kier alpha value is -2.56. The van der Waals surface area contributed by atoms with Gasteiger partial charge in [0.25, 0.3) is 0 Å². The molecule has 0 saturated heterocycles. The van der Waals surface area contributed by atoms with E-state index in [1.54, 1.807) is 13.0 Å². The zero-order chi connectivity index (χ0) is 17.9. The number of rotatable bonds is 5. The van der Waals surface area contributed by atoms with Gasteiger partial charge >= 0.3 is 0 Å². The summed E-state index contributed by atoms with van der Waals surface area (Å²) in [6.45, 7) is 3.35. The summed E-state index contributed by atoms with van der Waals surface area (Å²) >= 11 is 0. The number of nitriles is 1. The number of sulfonamides is 1. The van der Waals surface area contributed by atoms with Gasteiger partial charge in [-0.05, 0) is 42.0 Å². The van der Waals surface area contributed by atoms with Gasteiger partial charge in [0.05, 0.1) is 16.5 Å². The molecular weight excluding hydrogens is 340 g/mol. The number of fused-ring (bicyclic) bond motifs is 1. The van der Waals surface area contributed by atoms with Crippen molar-refractivity contribution in [1.29, 1.82) is 5.26 Å². The molecule has 0 aromatic heterocycles. The van der Waals surface area contributed by atoms with Gasteiger partial charge in [-0.2, -0.15) is 9.57 Å². The van der Waals surface area contributed by atoms with Crippen LogP contribution in [0.15, 0.2) is 47.4 Å². The van der Waals surface area contributed by atoms with E-state index in [2.05, 4.69) is 0 Å². The van der Waals surface area contributed by atoms with Crippen LogP contribution in [0.25, 0.3) is 0 Å². The number of ether oxygens (including phenoxy) is 2. The Kier molecular flexibility index (Phi) is 4.93. The van der Waals surface area contributed by atoms with Crippen LogP contribution in [-0.4, -0.2) is 32.5 Å². The molecule has 2 aromatic rings. The molecule has 0 unspecified atom stereocenters. The molecule has 130 valence electrons. The molecule has 25 heavy (non-hydrogen) atoms. The first-order chi connectivity index (χ1) is 12.0. The van der Waals surface area contributed by atoms with Gasteiger partial charge in [0.1, 0.15) is 13.2 Å². The third kappa shape index (κ3) is 3.60. The molecule has 0 spiro atoms. The van der Waals surface area contributed by atoms with Crippen LogP contribution in [0.4, 0.5) is 0 Å². The SMILES string of the molecule is CCN(Cc1ccc2c(c1)OCCO2)S(=O)(=O)c1ccc(C#N)cc1. The predicted octanol–water partition coefficient (Wildman–Crippen LogP) is 2.54. The van der Waals surface area contributed by atoms with E-state index in [4.69, 9.17) is 14.7 Å². The summed E-state index contributed by atoms with van der Waals surface area (Å²) < 4.78 is 38.1. The van der Waals surface area contributed by atoms with Gasteiger partial charge in [-0.25, -0.2) is 8.42 Å². The van der Waals surface area contributed by atoms with Crippen LogP contribution in [-0.2, 0) is 16.6 Å². The van der Waals surface area contributed by atoms with Crippen molar-refractivity contribution in [2.24, 2.45) is 0 Å². The topological polar surface area (TPSA) is 79.6 Å². The molecule has 0 amide bonds. The highest BCUT2D eigenvalue weighted by molar-refractivity contribution is 7.89. The zero-order valence-electron chi connectivity index (χ0n) is 13.8. The summed E-state index contributed by atoms with van der Waals surface area (Å²) in [5.41, 5.74) is 1.25. The summed E-state index contributed by atoms with van der Waals surface area (Å²) in [5.74, 6) is 1.31. The van der Waals surface area contributed by atoms with Crippen LogP contribution >= 0.6 is 0 Å². The van der Waals surface area contributed by atoms with E-state index in [1.807, 2.05) is 18.2 Å². The Morgan fingerprint density at radius 1 is 1.08 bits per heavy atom. The van der Waals surface area contributed by atoms with E-state index < -0.39 is 10.0 Å². The Morgan fingerprint density at radius 2 is 1.76 bits per heavy atom. The summed E-state index contributed by atoms with van der Waals surface area (Å²) in [6.07, 6.45) is 0. The smallest absolute Gasteiger partial charge is 0.243 e. The van der Waals surface area contributed by atoms with Crippen molar-refractivity contribution >= 4 is 10.0 Å². The highest BCUT2D eigenvalue weighted by Gasteiger charge is 2.24. The first-order valence-electron chi connectivity index (χ1n) is 7.93. The van der Waals surface area contributed by atoms with Crippen molar-refractivity contribution in [3.8, 4) is 17.6 Å². The van der Waals surface area contributed by atoms with Crippen LogP contribution in [0, 0.1) is 11.3 Å². The first-order valence-corrected chi connectivity index (χ1v) is 9.37. The lowest BCUT2D eigenvalue weighted by molar-refractivity contribution is 0.171. The molecular formula is C18H18N2O4S. The fourth-order valence-electron chi connectivity index (χ4n) is 2.61. The summed E-state index contributed by atoms with van der Waals surface area (Å²) in [5, 5.41) is 8.85. The molecule has 1 aliphatic rings. The molecule has 0 bridgehead atoms. The lowest BCUT2D eigenvalue weighted by Crippen LogP contribution is -2.30. The Bertz CT molecular complexity index is 902. The highest BCUT2D eigenvalue weighted by Crippen LogP contribution is 2.31. The van der Waals surface area contributed by atoms with Gasteiger partial charge in [-0.3, -0.25) is 0 Å². The molecule has 2 aromatic carbocycles. The standard InChI is InChI=1S/C18H18N2O4S/c1-2-20(25(21,22)16-6-3-14(12-19)4-7-16)13-15-5-8-17-18(11-15)24-10-9-23-17/h3-8,11H,2,9-10,13H2,1H3. The third-order valence-corrected chi connectivity index (χ3v) is 5.87. The van der Waals surface area contributed by atoms with Gasteiger partial charge in [0.2, 0.25) is 10.0 Å². The maximum atomic E-state index is 12.8. The fraction of sp³-hybridized carbons (Fsp3) is 0.278. The summed E-state index contributed by atoms with van der Waals surface area (Å²) in [7, 11) is -3.64. The zero-order valence-corrected chi connectivity index (χ0v) is 14.6. The van der Waals surface area contributed by atoms with Crippen molar-refractivity contribution in [3.05, 3.63) is 53.6 Å². The van der Waals surface area contributed by atoms with Crippen LogP contribution in [0.3, 0.4) is 0 Å². The van der Waals surface area contributed by atoms with E-state index in [0.29, 0.717) is 36.8 Å². The Labute approximate surface area is 147 Å². The molecule has 0 fully saturated rings. The van der Waals surface area contributed by atoms with Crippen molar-refractivity contribution < 1.29 is 17.9 Å². The van der Waals surface area contributed by atoms with Crippen LogP contribution in [0.2, 0.25) is 0 Å². The molecule has 1 heterocycles. The highest BCUT2D eigenvalue weighted by atomic mass is 32.2. The lowest BCUT2D eigenvalue weighted by Gasteiger charge is -2.23. The van der Waals surface area contributed by atoms with E-state index in [0.717, 1.165) is 5.56 Å². The van der Waals surface area contributed by atoms with Crippen molar-refractivity contribution in [2.45, 2.75) is 18.4 Å². The van der Waals surface area contributed by atoms with Gasteiger partial charge in [-0.15, -0.1) is 0 Å². The maximum Gasteiger partial charge on any atom is 0.243 e. The minimum atomic E-state index is -3.64. The van der Waals surface area contributed by atoms with Crippen LogP contribution < -0.4 is 9.47 Å². The van der Waals surface area contributed by atoms with Gasteiger partial charge in [0.15, 0.2) is 11.5 Å². The van der Waals surface area contributed by atoms with E-state index >= 15 is 0 Å². The molecule has 6 nitrogen and oxygen atoms in total. The maximum absolute atomic E-state index is 12.8. The predicted molar refractivity (Wildman–Crippen MR) is 91.9 cm³/mol. The molecule has 0 saturated carbocycles. The molecule has 0 atom stereocenters. The van der Waals surface area contributed by atoms with Gasteiger partial charge in [-0.1, -0.05) is 13.0 Å². The Balaban J connectivity index is 1.85. The molecule has 0 aliphatic carbocycles. The molecule has 1 aliphatic heterocycles. The van der Waals surface area contributed by atoms with E-state index in [-0.39, 0.29) is 11.4 Å². The monoisotopic (exact) mass is 358 g/mol. The Morgan fingerprint density at radius 3 is 2.40 bits per heavy atom. The van der Waals surface area contributed by atoms with E-state index in [1.165, 1.54) is 28.6 Å². The number of nitrogens with zero attached hydrogens (tertiary/aromatic N) is 2. The first kappa shape index (κ1) is 17.3. The second-order valence-corrected chi connectivity index (χ2v) is 7.48. The number of hydrogen-bond acceptors (Lipinski definition) is 5. The second kappa shape index (κ2) is 7.13. The average molecular weight is 358 g/mol. The summed E-state index contributed by atoms with van der Waals surface area (Å²) in [6, 6.07) is 13.4. The molecule has 3 rings (SSSR count). The van der Waals surface area contributed by atoms with E-state index in [9.17, 15) is 8.42 Å².